The van der Waals surface area contributed by atoms with E-state index < -0.39 is 0 Å². The number of hydrogen-bond donors (Lipinski definition) is 0. The maximum Gasteiger partial charge on any atom is 0.293 e. The maximum absolute atomic E-state index is 12.8. The summed E-state index contributed by atoms with van der Waals surface area (Å²) in [5, 5.41) is 1.62. The minimum absolute atomic E-state index is 0.170. The third kappa shape index (κ3) is 5.93. The lowest BCUT2D eigenvalue weighted by Crippen LogP contribution is -2.27. The van der Waals surface area contributed by atoms with E-state index >= 15 is 0 Å². The fourth-order valence-corrected chi connectivity index (χ4v) is 5.57. The van der Waals surface area contributed by atoms with E-state index in [1.807, 2.05) is 0 Å². The minimum atomic E-state index is -0.366. The molecular weight excluding hydrogens is 604 g/mol. The molecule has 1 fully saturated rings. The van der Waals surface area contributed by atoms with Crippen LogP contribution in [0.25, 0.3) is 6.08 Å². The Morgan fingerprint density at radius 1 is 0.912 bits per heavy atom. The van der Waals surface area contributed by atoms with Gasteiger partial charge in [0.25, 0.3) is 11.1 Å². The highest BCUT2D eigenvalue weighted by molar-refractivity contribution is 9.10. The van der Waals surface area contributed by atoms with Gasteiger partial charge in [-0.3, -0.25) is 14.5 Å². The number of amides is 2. The minimum Gasteiger partial charge on any atom is -0.486 e. The van der Waals surface area contributed by atoms with Gasteiger partial charge in [-0.25, -0.2) is 0 Å². The van der Waals surface area contributed by atoms with Crippen molar-refractivity contribution in [3.05, 3.63) is 101 Å². The summed E-state index contributed by atoms with van der Waals surface area (Å²) in [6.45, 7) is 0.362. The lowest BCUT2D eigenvalue weighted by atomic mass is 10.2. The van der Waals surface area contributed by atoms with E-state index in [1.165, 1.54) is 4.90 Å². The van der Waals surface area contributed by atoms with Gasteiger partial charge in [-0.05, 0) is 81.3 Å². The Bertz CT molecular complexity index is 1290. The van der Waals surface area contributed by atoms with Gasteiger partial charge in [0.2, 0.25) is 0 Å². The molecule has 34 heavy (non-hydrogen) atoms. The monoisotopic (exact) mass is 615 g/mol. The number of ether oxygens (including phenoxy) is 1. The molecule has 0 bridgehead atoms. The predicted octanol–water partition coefficient (Wildman–Crippen LogP) is 8.88. The summed E-state index contributed by atoms with van der Waals surface area (Å²) >= 11 is 28.8. The molecule has 3 aromatic rings. The number of thioether (sulfide) groups is 1. The zero-order valence-electron chi connectivity index (χ0n) is 17.2. The van der Waals surface area contributed by atoms with Crippen LogP contribution in [0.2, 0.25) is 20.1 Å². The summed E-state index contributed by atoms with van der Waals surface area (Å²) in [4.78, 5) is 26.8. The largest absolute Gasteiger partial charge is 0.486 e. The van der Waals surface area contributed by atoms with Crippen LogP contribution in [0.5, 0.6) is 5.75 Å². The molecule has 174 valence electrons. The molecule has 10 heteroatoms. The molecule has 1 heterocycles. The van der Waals surface area contributed by atoms with Crippen molar-refractivity contribution in [3.8, 4) is 5.75 Å². The number of nitrogens with zero attached hydrogens (tertiary/aromatic N) is 1. The summed E-state index contributed by atoms with van der Waals surface area (Å²) in [6, 6.07) is 15.6. The molecule has 1 saturated heterocycles. The van der Waals surface area contributed by atoms with Gasteiger partial charge in [0.1, 0.15) is 6.61 Å². The van der Waals surface area contributed by atoms with Gasteiger partial charge in [0.05, 0.1) is 20.9 Å². The Labute approximate surface area is 228 Å². The topological polar surface area (TPSA) is 46.6 Å². The van der Waals surface area contributed by atoms with E-state index in [0.29, 0.717) is 40.8 Å². The average molecular weight is 618 g/mol. The number of benzene rings is 3. The highest BCUT2D eigenvalue weighted by atomic mass is 79.9. The Balaban J connectivity index is 1.50. The normalized spacial score (nSPS) is 14.9. The van der Waals surface area contributed by atoms with Crippen molar-refractivity contribution >= 4 is 91.3 Å². The highest BCUT2D eigenvalue weighted by Crippen LogP contribution is 2.38. The molecule has 0 N–H and O–H groups in total. The van der Waals surface area contributed by atoms with E-state index in [-0.39, 0.29) is 24.3 Å². The molecule has 3 aromatic carbocycles. The van der Waals surface area contributed by atoms with E-state index in [0.717, 1.165) is 22.9 Å². The second-order valence-electron chi connectivity index (χ2n) is 7.23. The summed E-state index contributed by atoms with van der Waals surface area (Å²) in [5.41, 5.74) is 2.21. The van der Waals surface area contributed by atoms with Crippen LogP contribution in [0.15, 0.2) is 64.0 Å². The van der Waals surface area contributed by atoms with Crippen molar-refractivity contribution in [2.75, 3.05) is 0 Å². The second kappa shape index (κ2) is 10.9. The van der Waals surface area contributed by atoms with E-state index in [4.69, 9.17) is 51.1 Å². The van der Waals surface area contributed by atoms with Crippen LogP contribution >= 0.6 is 74.1 Å². The standard InChI is InChI=1S/C24H14BrCl4NO3S/c25-18-7-14(8-20(29)22(18)33-12-15-3-6-17(27)10-19(15)28)9-21-23(31)30(24(32)34-21)11-13-1-4-16(26)5-2-13/h1-10H,11-12H2/b21-9+. The molecule has 0 aromatic heterocycles. The quantitative estimate of drug-likeness (QED) is 0.259. The van der Waals surface area contributed by atoms with E-state index in [1.54, 1.807) is 60.7 Å². The first-order valence-corrected chi connectivity index (χ1v) is 12.9. The van der Waals surface area contributed by atoms with E-state index in [2.05, 4.69) is 15.9 Å². The fourth-order valence-electron chi connectivity index (χ4n) is 3.15. The number of imide groups is 1. The first kappa shape index (κ1) is 25.4. The van der Waals surface area contributed by atoms with Crippen molar-refractivity contribution in [1.82, 2.24) is 4.90 Å². The molecule has 4 rings (SSSR count). The number of carbonyl (C=O) groups excluding carboxylic acids is 2. The Kier molecular flexibility index (Phi) is 8.18. The molecule has 0 radical (unpaired) electrons. The lowest BCUT2D eigenvalue weighted by Gasteiger charge is -2.13. The second-order valence-corrected chi connectivity index (χ2v) is 10.8. The van der Waals surface area contributed by atoms with Crippen molar-refractivity contribution in [3.63, 3.8) is 0 Å². The van der Waals surface area contributed by atoms with Gasteiger partial charge in [-0.15, -0.1) is 0 Å². The zero-order valence-corrected chi connectivity index (χ0v) is 22.6. The van der Waals surface area contributed by atoms with Crippen LogP contribution < -0.4 is 4.74 Å². The number of hydrogen-bond acceptors (Lipinski definition) is 4. The number of carbonyl (C=O) groups is 2. The van der Waals surface area contributed by atoms with Crippen LogP contribution in [0, 0.1) is 0 Å². The SMILES string of the molecule is O=C1S/C(=C/c2cc(Cl)c(OCc3ccc(Cl)cc3Cl)c(Br)c2)C(=O)N1Cc1ccc(Cl)cc1. The van der Waals surface area contributed by atoms with Crippen molar-refractivity contribution < 1.29 is 14.3 Å². The van der Waals surface area contributed by atoms with Crippen molar-refractivity contribution in [2.45, 2.75) is 13.2 Å². The molecular formula is C24H14BrCl4NO3S. The van der Waals surface area contributed by atoms with Crippen LogP contribution in [-0.2, 0) is 17.9 Å². The molecule has 0 spiro atoms. The molecule has 0 saturated carbocycles. The zero-order chi connectivity index (χ0) is 24.4. The van der Waals surface area contributed by atoms with Crippen LogP contribution in [0.3, 0.4) is 0 Å². The molecule has 2 amide bonds. The van der Waals surface area contributed by atoms with Gasteiger partial charge < -0.3 is 4.74 Å². The molecule has 4 nitrogen and oxygen atoms in total. The van der Waals surface area contributed by atoms with Crippen LogP contribution in [-0.4, -0.2) is 16.0 Å². The van der Waals surface area contributed by atoms with Gasteiger partial charge in [0, 0.05) is 20.6 Å². The van der Waals surface area contributed by atoms with Gasteiger partial charge in [0.15, 0.2) is 5.75 Å². The Morgan fingerprint density at radius 2 is 1.62 bits per heavy atom. The van der Waals surface area contributed by atoms with Gasteiger partial charge in [-0.1, -0.05) is 64.6 Å². The van der Waals surface area contributed by atoms with E-state index in [9.17, 15) is 9.59 Å². The molecule has 1 aliphatic heterocycles. The van der Waals surface area contributed by atoms with Gasteiger partial charge in [-0.2, -0.15) is 0 Å². The number of halogens is 5. The molecule has 0 atom stereocenters. The summed E-state index contributed by atoms with van der Waals surface area (Å²) < 4.78 is 6.45. The average Bonchev–Trinajstić information content (AvgIpc) is 3.03. The molecule has 0 unspecified atom stereocenters. The fraction of sp³-hybridized carbons (Fsp3) is 0.0833. The summed E-state index contributed by atoms with van der Waals surface area (Å²) in [5.74, 6) is 0.0653. The number of rotatable bonds is 6. The smallest absolute Gasteiger partial charge is 0.293 e. The predicted molar refractivity (Wildman–Crippen MR) is 143 cm³/mol. The van der Waals surface area contributed by atoms with Crippen LogP contribution in [0.1, 0.15) is 16.7 Å². The van der Waals surface area contributed by atoms with Crippen molar-refractivity contribution in [2.24, 2.45) is 0 Å². The first-order valence-electron chi connectivity index (χ1n) is 9.77. The highest BCUT2D eigenvalue weighted by Gasteiger charge is 2.35. The summed E-state index contributed by atoms with van der Waals surface area (Å²) in [7, 11) is 0. The third-order valence-corrected chi connectivity index (χ3v) is 7.45. The summed E-state index contributed by atoms with van der Waals surface area (Å²) in [6.07, 6.45) is 1.63. The maximum atomic E-state index is 12.8. The van der Waals surface area contributed by atoms with Crippen molar-refractivity contribution in [1.29, 1.82) is 0 Å². The Morgan fingerprint density at radius 3 is 2.29 bits per heavy atom. The lowest BCUT2D eigenvalue weighted by molar-refractivity contribution is -0.123. The van der Waals surface area contributed by atoms with Crippen LogP contribution in [0.4, 0.5) is 4.79 Å². The first-order chi connectivity index (χ1) is 16.2. The third-order valence-electron chi connectivity index (χ3n) is 4.83. The van der Waals surface area contributed by atoms with Gasteiger partial charge >= 0.3 is 0 Å². The molecule has 0 aliphatic carbocycles. The Hall–Kier alpha value is -1.67. The molecule has 1 aliphatic rings.